The number of anilines is 1. The molecule has 1 N–H and O–H groups in total. The maximum atomic E-state index is 13.2. The van der Waals surface area contributed by atoms with Crippen LogP contribution in [0.4, 0.5) is 5.95 Å². The first kappa shape index (κ1) is 25.3. The lowest BCUT2D eigenvalue weighted by Crippen LogP contribution is -2.41. The normalized spacial score (nSPS) is 11.0. The van der Waals surface area contributed by atoms with Crippen molar-refractivity contribution in [3.63, 3.8) is 0 Å². The predicted molar refractivity (Wildman–Crippen MR) is 146 cm³/mol. The molecule has 0 saturated heterocycles. The van der Waals surface area contributed by atoms with Crippen LogP contribution in [0.3, 0.4) is 0 Å². The van der Waals surface area contributed by atoms with Crippen molar-refractivity contribution in [2.24, 2.45) is 0 Å². The second-order valence-electron chi connectivity index (χ2n) is 9.01. The van der Waals surface area contributed by atoms with Crippen molar-refractivity contribution in [3.8, 4) is 16.9 Å². The fourth-order valence-electron chi connectivity index (χ4n) is 3.76. The van der Waals surface area contributed by atoms with Crippen molar-refractivity contribution in [2.75, 3.05) is 39.0 Å². The summed E-state index contributed by atoms with van der Waals surface area (Å²) >= 11 is 1.37. The molecule has 0 aliphatic carbocycles. The summed E-state index contributed by atoms with van der Waals surface area (Å²) in [7, 11) is 3.89. The number of amides is 2. The van der Waals surface area contributed by atoms with Crippen LogP contribution in [0.25, 0.3) is 16.9 Å². The van der Waals surface area contributed by atoms with Crippen LogP contribution in [-0.2, 0) is 4.79 Å². The average Bonchev–Trinajstić information content (AvgIpc) is 3.54. The molecular weight excluding hydrogens is 470 g/mol. The Morgan fingerprint density at radius 2 is 1.75 bits per heavy atom. The Morgan fingerprint density at radius 3 is 2.42 bits per heavy atom. The molecule has 0 aliphatic rings. The molecule has 4 aromatic rings. The Balaban J connectivity index is 1.62. The van der Waals surface area contributed by atoms with E-state index in [-0.39, 0.29) is 18.4 Å². The number of nitrogens with zero attached hydrogens (tertiary/aromatic N) is 4. The smallest absolute Gasteiger partial charge is 0.264 e. The minimum atomic E-state index is -0.297. The third-order valence-corrected chi connectivity index (χ3v) is 6.82. The van der Waals surface area contributed by atoms with Crippen LogP contribution in [-0.4, -0.2) is 64.9 Å². The quantitative estimate of drug-likeness (QED) is 0.356. The summed E-state index contributed by atoms with van der Waals surface area (Å²) < 4.78 is 1.89. The molecule has 7 nitrogen and oxygen atoms in total. The summed E-state index contributed by atoms with van der Waals surface area (Å²) in [6.07, 6.45) is 1.93. The Morgan fingerprint density at radius 1 is 0.972 bits per heavy atom. The minimum absolute atomic E-state index is 0.0645. The fourth-order valence-corrected chi connectivity index (χ4v) is 4.45. The fraction of sp³-hybridized carbons (Fsp3) is 0.250. The summed E-state index contributed by atoms with van der Waals surface area (Å²) in [6.45, 7) is 5.16. The van der Waals surface area contributed by atoms with E-state index >= 15 is 0 Å². The van der Waals surface area contributed by atoms with Crippen LogP contribution in [0, 0.1) is 13.8 Å². The van der Waals surface area contributed by atoms with Crippen molar-refractivity contribution in [1.29, 1.82) is 0 Å². The maximum Gasteiger partial charge on any atom is 0.264 e. The second-order valence-corrected chi connectivity index (χ2v) is 9.96. The predicted octanol–water partition coefficient (Wildman–Crippen LogP) is 4.86. The molecule has 8 heteroatoms. The molecule has 0 unspecified atom stereocenters. The molecule has 2 aromatic heterocycles. The van der Waals surface area contributed by atoms with E-state index in [4.69, 9.17) is 4.98 Å². The van der Waals surface area contributed by atoms with E-state index < -0.39 is 0 Å². The third kappa shape index (κ3) is 6.08. The number of aryl methyl sites for hydroxylation is 2. The molecule has 2 amide bonds. The van der Waals surface area contributed by atoms with Crippen molar-refractivity contribution in [2.45, 2.75) is 13.8 Å². The Bertz CT molecular complexity index is 1330. The van der Waals surface area contributed by atoms with E-state index in [9.17, 15) is 9.59 Å². The molecule has 0 fully saturated rings. The molecule has 2 aromatic carbocycles. The minimum Gasteiger partial charge on any atom is -0.327 e. The molecule has 0 bridgehead atoms. The molecule has 0 radical (unpaired) electrons. The van der Waals surface area contributed by atoms with Crippen molar-refractivity contribution in [1.82, 2.24) is 19.4 Å². The van der Waals surface area contributed by atoms with Gasteiger partial charge in [-0.1, -0.05) is 42.5 Å². The van der Waals surface area contributed by atoms with Gasteiger partial charge in [-0.15, -0.1) is 11.3 Å². The van der Waals surface area contributed by atoms with Crippen LogP contribution >= 0.6 is 11.3 Å². The highest BCUT2D eigenvalue weighted by atomic mass is 32.1. The van der Waals surface area contributed by atoms with Crippen molar-refractivity contribution >= 4 is 29.1 Å². The molecule has 36 heavy (non-hydrogen) atoms. The number of nitrogens with one attached hydrogen (secondary N) is 1. The molecule has 0 atom stereocenters. The van der Waals surface area contributed by atoms with Crippen LogP contribution in [0.15, 0.2) is 72.2 Å². The van der Waals surface area contributed by atoms with Gasteiger partial charge in [-0.3, -0.25) is 19.5 Å². The van der Waals surface area contributed by atoms with Crippen LogP contribution in [0.1, 0.15) is 20.8 Å². The van der Waals surface area contributed by atoms with Gasteiger partial charge in [0.2, 0.25) is 11.9 Å². The van der Waals surface area contributed by atoms with Gasteiger partial charge in [-0.2, -0.15) is 0 Å². The Labute approximate surface area is 216 Å². The number of hydrogen-bond acceptors (Lipinski definition) is 5. The van der Waals surface area contributed by atoms with Gasteiger partial charge >= 0.3 is 0 Å². The van der Waals surface area contributed by atoms with Gasteiger partial charge in [0.25, 0.3) is 5.91 Å². The van der Waals surface area contributed by atoms with Gasteiger partial charge in [0.1, 0.15) is 6.54 Å². The molecule has 0 saturated carbocycles. The van der Waals surface area contributed by atoms with E-state index in [0.717, 1.165) is 22.5 Å². The van der Waals surface area contributed by atoms with Crippen molar-refractivity contribution in [3.05, 3.63) is 88.2 Å². The molecule has 186 valence electrons. The highest BCUT2D eigenvalue weighted by Gasteiger charge is 2.21. The Kier molecular flexibility index (Phi) is 7.97. The second kappa shape index (κ2) is 11.3. The number of benzene rings is 2. The number of carbonyl (C=O) groups excluding carboxylic acids is 2. The topological polar surface area (TPSA) is 70.5 Å². The molecule has 2 heterocycles. The highest BCUT2D eigenvalue weighted by molar-refractivity contribution is 7.12. The summed E-state index contributed by atoms with van der Waals surface area (Å²) in [4.78, 5) is 35.2. The van der Waals surface area contributed by atoms with Gasteiger partial charge in [-0.05, 0) is 62.6 Å². The van der Waals surface area contributed by atoms with Gasteiger partial charge in [0, 0.05) is 30.5 Å². The lowest BCUT2D eigenvalue weighted by Gasteiger charge is -2.23. The van der Waals surface area contributed by atoms with Gasteiger partial charge in [0.05, 0.1) is 10.6 Å². The number of likely N-dealkylation sites (N-methyl/N-ethyl adjacent to an activating group) is 1. The number of imidazole rings is 1. The number of hydrogen-bond donors (Lipinski definition) is 1. The third-order valence-electron chi connectivity index (χ3n) is 5.97. The summed E-state index contributed by atoms with van der Waals surface area (Å²) in [5.41, 5.74) is 4.95. The average molecular weight is 502 g/mol. The van der Waals surface area contributed by atoms with Gasteiger partial charge in [0.15, 0.2) is 0 Å². The highest BCUT2D eigenvalue weighted by Crippen LogP contribution is 2.25. The number of thiophene rings is 1. The van der Waals surface area contributed by atoms with E-state index in [0.29, 0.717) is 23.9 Å². The van der Waals surface area contributed by atoms with Gasteiger partial charge in [-0.25, -0.2) is 4.98 Å². The molecule has 4 rings (SSSR count). The molecule has 0 aliphatic heterocycles. The van der Waals surface area contributed by atoms with E-state index in [1.807, 2.05) is 77.6 Å². The van der Waals surface area contributed by atoms with Crippen LogP contribution in [0.5, 0.6) is 0 Å². The summed E-state index contributed by atoms with van der Waals surface area (Å²) in [5.74, 6) is -0.0309. The van der Waals surface area contributed by atoms with Crippen molar-refractivity contribution < 1.29 is 9.59 Å². The van der Waals surface area contributed by atoms with E-state index in [1.165, 1.54) is 16.9 Å². The Hall–Kier alpha value is -3.75. The largest absolute Gasteiger partial charge is 0.327 e. The standard InChI is InChI=1S/C28H31N5O2S/c1-20-12-13-23(17-21(20)2)33-18-24(22-9-6-5-7-10-22)29-28(33)30-26(34)19-32(15-14-31(3)4)27(35)25-11-8-16-36-25/h5-13,16-18H,14-15,19H2,1-4H3,(H,29,30,34). The number of carbonyl (C=O) groups is 2. The zero-order valence-electron chi connectivity index (χ0n) is 21.1. The number of rotatable bonds is 9. The zero-order valence-corrected chi connectivity index (χ0v) is 21.9. The SMILES string of the molecule is Cc1ccc(-n2cc(-c3ccccc3)nc2NC(=O)CN(CCN(C)C)C(=O)c2cccs2)cc1C. The maximum absolute atomic E-state index is 13.2. The van der Waals surface area contributed by atoms with E-state index in [2.05, 4.69) is 31.3 Å². The molecule has 0 spiro atoms. The number of aromatic nitrogens is 2. The first-order valence-electron chi connectivity index (χ1n) is 11.8. The summed E-state index contributed by atoms with van der Waals surface area (Å²) in [5, 5.41) is 4.82. The van der Waals surface area contributed by atoms with E-state index in [1.54, 1.807) is 11.0 Å². The lowest BCUT2D eigenvalue weighted by atomic mass is 10.1. The summed E-state index contributed by atoms with van der Waals surface area (Å²) in [6, 6.07) is 19.6. The first-order valence-corrected chi connectivity index (χ1v) is 12.7. The van der Waals surface area contributed by atoms with Crippen LogP contribution < -0.4 is 5.32 Å². The zero-order chi connectivity index (χ0) is 25.7. The monoisotopic (exact) mass is 501 g/mol. The lowest BCUT2D eigenvalue weighted by molar-refractivity contribution is -0.117. The van der Waals surface area contributed by atoms with Gasteiger partial charge < -0.3 is 9.80 Å². The van der Waals surface area contributed by atoms with Crippen LogP contribution in [0.2, 0.25) is 0 Å². The molecular formula is C28H31N5O2S. The first-order chi connectivity index (χ1) is 17.3.